The zero-order chi connectivity index (χ0) is 20.4. The fourth-order valence-corrected chi connectivity index (χ4v) is 3.85. The average Bonchev–Trinajstić information content (AvgIpc) is 2.74. The molecule has 0 bridgehead atoms. The number of hydrogen-bond acceptors (Lipinski definition) is 4. The molecule has 0 saturated carbocycles. The molecule has 3 aromatic rings. The first-order chi connectivity index (χ1) is 14.0. The Bertz CT molecular complexity index is 1030. The van der Waals surface area contributed by atoms with Gasteiger partial charge in [-0.3, -0.25) is 4.79 Å². The topological polar surface area (TPSA) is 58.1 Å². The molecule has 4 rings (SSSR count). The van der Waals surface area contributed by atoms with E-state index in [0.29, 0.717) is 17.4 Å². The van der Waals surface area contributed by atoms with Crippen molar-refractivity contribution in [2.24, 2.45) is 0 Å². The van der Waals surface area contributed by atoms with Gasteiger partial charge in [0.25, 0.3) is 5.91 Å². The summed E-state index contributed by atoms with van der Waals surface area (Å²) < 4.78 is 0. The van der Waals surface area contributed by atoms with Crippen molar-refractivity contribution in [1.82, 2.24) is 9.97 Å². The number of aromatic nitrogens is 2. The van der Waals surface area contributed by atoms with Crippen LogP contribution in [0.4, 0.5) is 17.3 Å². The molecule has 29 heavy (non-hydrogen) atoms. The summed E-state index contributed by atoms with van der Waals surface area (Å²) in [6, 6.07) is 14.4. The Kier molecular flexibility index (Phi) is 5.30. The van der Waals surface area contributed by atoms with Gasteiger partial charge in [-0.15, -0.1) is 0 Å². The first-order valence-corrected chi connectivity index (χ1v) is 10.1. The highest BCUT2D eigenvalue weighted by Crippen LogP contribution is 2.31. The number of nitrogens with zero attached hydrogens (tertiary/aromatic N) is 3. The fourth-order valence-electron chi connectivity index (χ4n) is 3.85. The number of nitrogens with one attached hydrogen (secondary N) is 1. The van der Waals surface area contributed by atoms with E-state index in [0.717, 1.165) is 41.9 Å². The number of hydrogen-bond donors (Lipinski definition) is 1. The molecule has 1 aliphatic rings. The Morgan fingerprint density at radius 2 is 1.83 bits per heavy atom. The molecule has 148 valence electrons. The molecule has 1 amide bonds. The first kappa shape index (κ1) is 19.1. The van der Waals surface area contributed by atoms with E-state index in [9.17, 15) is 4.79 Å². The molecule has 5 nitrogen and oxygen atoms in total. The Balaban J connectivity index is 1.56. The molecule has 0 aliphatic carbocycles. The van der Waals surface area contributed by atoms with Crippen LogP contribution in [0.2, 0.25) is 0 Å². The highest BCUT2D eigenvalue weighted by Gasteiger charge is 2.20. The predicted molar refractivity (Wildman–Crippen MR) is 117 cm³/mol. The minimum Gasteiger partial charge on any atom is -0.321 e. The summed E-state index contributed by atoms with van der Waals surface area (Å²) in [5.74, 6) is 0.766. The van der Waals surface area contributed by atoms with Crippen LogP contribution in [0, 0.1) is 6.92 Å². The van der Waals surface area contributed by atoms with Crippen molar-refractivity contribution in [1.29, 1.82) is 0 Å². The smallest absolute Gasteiger partial charge is 0.258 e. The molecule has 0 radical (unpaired) electrons. The second-order valence-corrected chi connectivity index (χ2v) is 7.80. The van der Waals surface area contributed by atoms with Crippen molar-refractivity contribution in [3.8, 4) is 0 Å². The number of fused-ring (bicyclic) bond motifs is 1. The fraction of sp³-hybridized carbons (Fsp3) is 0.292. The molecule has 0 atom stereocenters. The van der Waals surface area contributed by atoms with Gasteiger partial charge in [-0.2, -0.15) is 0 Å². The van der Waals surface area contributed by atoms with Crippen molar-refractivity contribution in [3.05, 3.63) is 77.1 Å². The number of carbonyl (C=O) groups excluding carboxylic acids is 1. The van der Waals surface area contributed by atoms with E-state index >= 15 is 0 Å². The summed E-state index contributed by atoms with van der Waals surface area (Å²) in [7, 11) is 0. The molecule has 1 N–H and O–H groups in total. The number of aryl methyl sites for hydroxylation is 2. The zero-order valence-corrected chi connectivity index (χ0v) is 17.1. The van der Waals surface area contributed by atoms with Crippen molar-refractivity contribution in [2.75, 3.05) is 16.8 Å². The molecule has 5 heteroatoms. The molecular formula is C24H26N4O. The third-order valence-electron chi connectivity index (χ3n) is 5.42. The maximum atomic E-state index is 12.8. The van der Waals surface area contributed by atoms with E-state index in [-0.39, 0.29) is 5.91 Å². The van der Waals surface area contributed by atoms with Crippen LogP contribution in [0.25, 0.3) is 0 Å². The van der Waals surface area contributed by atoms with Crippen LogP contribution >= 0.6 is 0 Å². The van der Waals surface area contributed by atoms with Crippen LogP contribution < -0.4 is 10.2 Å². The lowest BCUT2D eigenvalue weighted by Crippen LogP contribution is -2.26. The average molecular weight is 386 g/mol. The molecule has 1 aliphatic heterocycles. The lowest BCUT2D eigenvalue weighted by Gasteiger charge is -2.29. The summed E-state index contributed by atoms with van der Waals surface area (Å²) in [4.78, 5) is 23.9. The van der Waals surface area contributed by atoms with E-state index in [4.69, 9.17) is 0 Å². The second kappa shape index (κ2) is 8.03. The standard InChI is InChI=1S/C24H26N4O/c1-16(2)20-11-6-8-17(3)22(20)27-23(29)19-14-25-24(26-15-19)28-13-7-10-18-9-4-5-12-21(18)28/h4-6,8-9,11-12,14-16H,7,10,13H2,1-3H3,(H,27,29). The van der Waals surface area contributed by atoms with E-state index in [1.165, 1.54) is 5.56 Å². The van der Waals surface area contributed by atoms with Gasteiger partial charge in [-0.1, -0.05) is 50.2 Å². The summed E-state index contributed by atoms with van der Waals surface area (Å²) >= 11 is 0. The van der Waals surface area contributed by atoms with Crippen LogP contribution in [0.15, 0.2) is 54.9 Å². The largest absolute Gasteiger partial charge is 0.321 e. The van der Waals surface area contributed by atoms with Crippen molar-refractivity contribution < 1.29 is 4.79 Å². The van der Waals surface area contributed by atoms with E-state index in [1.54, 1.807) is 12.4 Å². The first-order valence-electron chi connectivity index (χ1n) is 10.1. The van der Waals surface area contributed by atoms with Gasteiger partial charge >= 0.3 is 0 Å². The molecule has 0 unspecified atom stereocenters. The maximum absolute atomic E-state index is 12.8. The van der Waals surface area contributed by atoms with Crippen LogP contribution in [-0.2, 0) is 6.42 Å². The summed E-state index contributed by atoms with van der Waals surface area (Å²) in [5.41, 5.74) is 5.97. The van der Waals surface area contributed by atoms with Gasteiger partial charge in [0.15, 0.2) is 0 Å². The van der Waals surface area contributed by atoms with Crippen molar-refractivity contribution >= 4 is 23.2 Å². The predicted octanol–water partition coefficient (Wildman–Crippen LogP) is 5.25. The monoisotopic (exact) mass is 386 g/mol. The van der Waals surface area contributed by atoms with E-state index in [1.807, 2.05) is 25.1 Å². The number of carbonyl (C=O) groups is 1. The molecule has 2 aromatic carbocycles. The number of rotatable bonds is 4. The van der Waals surface area contributed by atoms with Gasteiger partial charge in [0.2, 0.25) is 5.95 Å². The number of amides is 1. The zero-order valence-electron chi connectivity index (χ0n) is 17.1. The Morgan fingerprint density at radius 1 is 1.07 bits per heavy atom. The minimum atomic E-state index is -0.188. The van der Waals surface area contributed by atoms with Gasteiger partial charge < -0.3 is 10.2 Å². The number of benzene rings is 2. The number of anilines is 3. The van der Waals surface area contributed by atoms with Crippen molar-refractivity contribution in [3.63, 3.8) is 0 Å². The molecule has 0 saturated heterocycles. The molecule has 1 aromatic heterocycles. The van der Waals surface area contributed by atoms with Crippen LogP contribution in [0.1, 0.15) is 53.2 Å². The third kappa shape index (κ3) is 3.86. The van der Waals surface area contributed by atoms with Crippen molar-refractivity contribution in [2.45, 2.75) is 39.5 Å². The molecule has 0 spiro atoms. The second-order valence-electron chi connectivity index (χ2n) is 7.80. The van der Waals surface area contributed by atoms with Gasteiger partial charge in [-0.25, -0.2) is 9.97 Å². The summed E-state index contributed by atoms with van der Waals surface area (Å²) in [5, 5.41) is 3.06. The Labute approximate surface area is 171 Å². The maximum Gasteiger partial charge on any atom is 0.258 e. The highest BCUT2D eigenvalue weighted by atomic mass is 16.1. The van der Waals surface area contributed by atoms with E-state index < -0.39 is 0 Å². The van der Waals surface area contributed by atoms with Crippen LogP contribution in [0.3, 0.4) is 0 Å². The van der Waals surface area contributed by atoms with Gasteiger partial charge in [0.1, 0.15) is 0 Å². The van der Waals surface area contributed by atoms with Gasteiger partial charge in [0.05, 0.1) is 5.56 Å². The number of para-hydroxylation sites is 2. The molecular weight excluding hydrogens is 360 g/mol. The van der Waals surface area contributed by atoms with Crippen LogP contribution in [-0.4, -0.2) is 22.4 Å². The van der Waals surface area contributed by atoms with Gasteiger partial charge in [-0.05, 0) is 48.4 Å². The van der Waals surface area contributed by atoms with Gasteiger partial charge in [0, 0.05) is 30.3 Å². The summed E-state index contributed by atoms with van der Waals surface area (Å²) in [6.45, 7) is 7.13. The van der Waals surface area contributed by atoms with Crippen LogP contribution in [0.5, 0.6) is 0 Å². The summed E-state index contributed by atoms with van der Waals surface area (Å²) in [6.07, 6.45) is 5.36. The Hall–Kier alpha value is -3.21. The normalized spacial score (nSPS) is 13.3. The van der Waals surface area contributed by atoms with E-state index in [2.05, 4.69) is 58.3 Å². The highest BCUT2D eigenvalue weighted by molar-refractivity contribution is 6.04. The lowest BCUT2D eigenvalue weighted by atomic mass is 9.98. The Morgan fingerprint density at radius 3 is 2.59 bits per heavy atom. The quantitative estimate of drug-likeness (QED) is 0.666. The third-order valence-corrected chi connectivity index (χ3v) is 5.42. The SMILES string of the molecule is Cc1cccc(C(C)C)c1NC(=O)c1cnc(N2CCCc3ccccc32)nc1. The minimum absolute atomic E-state index is 0.188. The molecule has 0 fully saturated rings. The molecule has 2 heterocycles. The lowest BCUT2D eigenvalue weighted by molar-refractivity contribution is 0.102.